The Kier molecular flexibility index (Phi) is 11.7. The highest BCUT2D eigenvalue weighted by Gasteiger charge is 2.14. The number of nitrogens with zero attached hydrogens (tertiary/aromatic N) is 1. The number of carbonyl (C=O) groups is 1. The van der Waals surface area contributed by atoms with Crippen LogP contribution in [0, 0.1) is 0 Å². The van der Waals surface area contributed by atoms with Crippen molar-refractivity contribution in [3.05, 3.63) is 23.8 Å². The van der Waals surface area contributed by atoms with Crippen LogP contribution in [-0.4, -0.2) is 51.3 Å². The average molecular weight is 514 g/mol. The van der Waals surface area contributed by atoms with Gasteiger partial charge in [-0.05, 0) is 44.9 Å². The van der Waals surface area contributed by atoms with Crippen LogP contribution < -0.4 is 25.4 Å². The first-order chi connectivity index (χ1) is 12.6. The normalized spacial score (nSPS) is 11.5. The molecule has 0 aromatic heterocycles. The summed E-state index contributed by atoms with van der Waals surface area (Å²) in [5, 5.41) is 8.82. The molecule has 0 atom stereocenters. The lowest BCUT2D eigenvalue weighted by Gasteiger charge is -2.21. The summed E-state index contributed by atoms with van der Waals surface area (Å²) in [6.07, 6.45) is 0.540. The molecule has 1 aromatic rings. The molecule has 10 heteroatoms. The maximum Gasteiger partial charge on any atom is 0.387 e. The van der Waals surface area contributed by atoms with Crippen LogP contribution >= 0.6 is 24.0 Å². The van der Waals surface area contributed by atoms with Crippen molar-refractivity contribution in [1.82, 2.24) is 16.0 Å². The molecule has 0 saturated heterocycles. The minimum Gasteiger partial charge on any atom is -0.493 e. The second kappa shape index (κ2) is 12.6. The predicted molar refractivity (Wildman–Crippen MR) is 116 cm³/mol. The number of hydrogen-bond acceptors (Lipinski definition) is 4. The lowest BCUT2D eigenvalue weighted by molar-refractivity contribution is -0.121. The van der Waals surface area contributed by atoms with Gasteiger partial charge in [0.15, 0.2) is 17.5 Å². The highest BCUT2D eigenvalue weighted by atomic mass is 127. The first-order valence-corrected chi connectivity index (χ1v) is 8.52. The number of halogens is 3. The number of amides is 1. The number of aliphatic imine (C=N–C) groups is 1. The first-order valence-electron chi connectivity index (χ1n) is 8.52. The summed E-state index contributed by atoms with van der Waals surface area (Å²) in [6, 6.07) is 4.86. The van der Waals surface area contributed by atoms with Gasteiger partial charge in [0.2, 0.25) is 5.91 Å². The number of alkyl halides is 2. The van der Waals surface area contributed by atoms with E-state index in [9.17, 15) is 13.6 Å². The van der Waals surface area contributed by atoms with Crippen LogP contribution in [0.25, 0.3) is 0 Å². The Morgan fingerprint density at radius 1 is 1.21 bits per heavy atom. The largest absolute Gasteiger partial charge is 0.493 e. The van der Waals surface area contributed by atoms with Crippen LogP contribution in [-0.2, 0) is 11.2 Å². The summed E-state index contributed by atoms with van der Waals surface area (Å²) in [7, 11) is 2.99. The molecule has 1 amide bonds. The number of guanidine groups is 1. The highest BCUT2D eigenvalue weighted by molar-refractivity contribution is 14.0. The maximum absolute atomic E-state index is 12.5. The van der Waals surface area contributed by atoms with Crippen LogP contribution in [0.1, 0.15) is 26.3 Å². The Labute approximate surface area is 181 Å². The predicted octanol–water partition coefficient (Wildman–Crippen LogP) is 2.54. The molecule has 1 aromatic carbocycles. The highest BCUT2D eigenvalue weighted by Crippen LogP contribution is 2.29. The van der Waals surface area contributed by atoms with Crippen LogP contribution in [0.4, 0.5) is 8.78 Å². The van der Waals surface area contributed by atoms with Crippen molar-refractivity contribution in [1.29, 1.82) is 0 Å². The fourth-order valence-electron chi connectivity index (χ4n) is 2.24. The van der Waals surface area contributed by atoms with E-state index < -0.39 is 6.61 Å². The minimum atomic E-state index is -2.92. The van der Waals surface area contributed by atoms with Gasteiger partial charge < -0.3 is 25.4 Å². The van der Waals surface area contributed by atoms with Gasteiger partial charge in [0, 0.05) is 19.1 Å². The fourth-order valence-corrected chi connectivity index (χ4v) is 2.24. The van der Waals surface area contributed by atoms with E-state index >= 15 is 0 Å². The van der Waals surface area contributed by atoms with Crippen molar-refractivity contribution in [3.8, 4) is 11.5 Å². The summed E-state index contributed by atoms with van der Waals surface area (Å²) in [5.41, 5.74) is 0.488. The standard InChI is InChI=1S/C18H28F2N4O3.HI/c1-18(2,3)24-15(25)11-23-17(21-4)22-9-8-12-6-7-13(26-5)14(10-12)27-16(19)20;/h6-7,10,16H,8-9,11H2,1-5H3,(H,24,25)(H2,21,22,23);1H. The molecule has 0 bridgehead atoms. The molecule has 160 valence electrons. The first kappa shape index (κ1) is 26.1. The molecule has 0 aliphatic carbocycles. The summed E-state index contributed by atoms with van der Waals surface area (Å²) in [5.74, 6) is 0.562. The molecule has 28 heavy (non-hydrogen) atoms. The third kappa shape index (κ3) is 10.5. The van der Waals surface area contributed by atoms with Crippen LogP contribution in [0.5, 0.6) is 11.5 Å². The molecular formula is C18H29F2IN4O3. The molecule has 0 unspecified atom stereocenters. The number of nitrogens with one attached hydrogen (secondary N) is 3. The second-order valence-corrected chi connectivity index (χ2v) is 6.76. The number of rotatable bonds is 8. The summed E-state index contributed by atoms with van der Waals surface area (Å²) in [6.45, 7) is 3.36. The summed E-state index contributed by atoms with van der Waals surface area (Å²) < 4.78 is 34.4. The number of carbonyl (C=O) groups excluding carboxylic acids is 1. The van der Waals surface area contributed by atoms with Crippen molar-refractivity contribution in [2.24, 2.45) is 4.99 Å². The Morgan fingerprint density at radius 2 is 1.89 bits per heavy atom. The van der Waals surface area contributed by atoms with Gasteiger partial charge in [-0.2, -0.15) is 8.78 Å². The van der Waals surface area contributed by atoms with E-state index in [2.05, 4.69) is 25.7 Å². The van der Waals surface area contributed by atoms with Gasteiger partial charge in [-0.3, -0.25) is 9.79 Å². The molecule has 0 fully saturated rings. The Balaban J connectivity index is 0.00000729. The molecule has 0 spiro atoms. The minimum absolute atomic E-state index is 0. The SMILES string of the molecule is CN=C(NCCc1ccc(OC)c(OC(F)F)c1)NCC(=O)NC(C)(C)C.I. The Hall–Kier alpha value is -1.85. The molecule has 0 heterocycles. The molecule has 7 nitrogen and oxygen atoms in total. The fraction of sp³-hybridized carbons (Fsp3) is 0.556. The van der Waals surface area contributed by atoms with Crippen molar-refractivity contribution < 1.29 is 23.0 Å². The number of methoxy groups -OCH3 is 1. The van der Waals surface area contributed by atoms with E-state index in [0.29, 0.717) is 18.9 Å². The summed E-state index contributed by atoms with van der Waals surface area (Å²) >= 11 is 0. The molecule has 0 radical (unpaired) electrons. The average Bonchev–Trinajstić information content (AvgIpc) is 2.56. The number of ether oxygens (including phenoxy) is 2. The van der Waals surface area contributed by atoms with Gasteiger partial charge in [0.25, 0.3) is 0 Å². The van der Waals surface area contributed by atoms with Gasteiger partial charge >= 0.3 is 6.61 Å². The Bertz CT molecular complexity index is 652. The molecule has 0 saturated carbocycles. The van der Waals surface area contributed by atoms with Crippen molar-refractivity contribution in [2.45, 2.75) is 39.3 Å². The lowest BCUT2D eigenvalue weighted by atomic mass is 10.1. The maximum atomic E-state index is 12.5. The molecule has 3 N–H and O–H groups in total. The molecule has 0 aliphatic heterocycles. The molecular weight excluding hydrogens is 485 g/mol. The van der Waals surface area contributed by atoms with Gasteiger partial charge in [0.1, 0.15) is 0 Å². The lowest BCUT2D eigenvalue weighted by Crippen LogP contribution is -2.48. The smallest absolute Gasteiger partial charge is 0.387 e. The van der Waals surface area contributed by atoms with Crippen LogP contribution in [0.2, 0.25) is 0 Å². The molecule has 0 aliphatic rings. The number of benzene rings is 1. The van der Waals surface area contributed by atoms with Gasteiger partial charge in [-0.1, -0.05) is 6.07 Å². The number of hydrogen-bond donors (Lipinski definition) is 3. The van der Waals surface area contributed by atoms with Crippen molar-refractivity contribution in [2.75, 3.05) is 27.2 Å². The Morgan fingerprint density at radius 3 is 2.43 bits per heavy atom. The van der Waals surface area contributed by atoms with Crippen molar-refractivity contribution >= 4 is 35.8 Å². The summed E-state index contributed by atoms with van der Waals surface area (Å²) in [4.78, 5) is 15.9. The second-order valence-electron chi connectivity index (χ2n) is 6.76. The monoisotopic (exact) mass is 514 g/mol. The van der Waals surface area contributed by atoms with E-state index in [-0.39, 0.29) is 53.5 Å². The van der Waals surface area contributed by atoms with Gasteiger partial charge in [-0.15, -0.1) is 24.0 Å². The van der Waals surface area contributed by atoms with Crippen molar-refractivity contribution in [3.63, 3.8) is 0 Å². The van der Waals surface area contributed by atoms with Gasteiger partial charge in [-0.25, -0.2) is 0 Å². The zero-order valence-corrected chi connectivity index (χ0v) is 19.1. The third-order valence-electron chi connectivity index (χ3n) is 3.30. The van der Waals surface area contributed by atoms with Gasteiger partial charge in [0.05, 0.1) is 13.7 Å². The van der Waals surface area contributed by atoms with E-state index in [1.54, 1.807) is 19.2 Å². The zero-order valence-electron chi connectivity index (χ0n) is 16.8. The van der Waals surface area contributed by atoms with E-state index in [1.807, 2.05) is 20.8 Å². The quantitative estimate of drug-likeness (QED) is 0.282. The molecule has 1 rings (SSSR count). The van der Waals surface area contributed by atoms with Crippen LogP contribution in [0.15, 0.2) is 23.2 Å². The zero-order chi connectivity index (χ0) is 20.4. The topological polar surface area (TPSA) is 84.0 Å². The van der Waals surface area contributed by atoms with E-state index in [1.165, 1.54) is 13.2 Å². The van der Waals surface area contributed by atoms with Crippen LogP contribution in [0.3, 0.4) is 0 Å². The third-order valence-corrected chi connectivity index (χ3v) is 3.30. The van der Waals surface area contributed by atoms with E-state index in [4.69, 9.17) is 4.74 Å². The van der Waals surface area contributed by atoms with E-state index in [0.717, 1.165) is 5.56 Å².